The van der Waals surface area contributed by atoms with Crippen molar-refractivity contribution in [1.29, 1.82) is 0 Å². The molecule has 0 aliphatic heterocycles. The molecule has 0 bridgehead atoms. The van der Waals surface area contributed by atoms with Crippen LogP contribution in [0.1, 0.15) is 19.8 Å². The van der Waals surface area contributed by atoms with Crippen LogP contribution in [-0.4, -0.2) is 30.7 Å². The van der Waals surface area contributed by atoms with E-state index in [9.17, 15) is 26.0 Å². The second-order valence-corrected chi connectivity index (χ2v) is 4.43. The van der Waals surface area contributed by atoms with Crippen LogP contribution < -0.4 is 5.73 Å². The molecule has 4 nitrogen and oxygen atoms in total. The Bertz CT molecular complexity index is 330. The van der Waals surface area contributed by atoms with Crippen molar-refractivity contribution in [3.05, 3.63) is 12.7 Å². The van der Waals surface area contributed by atoms with Crippen LogP contribution in [0, 0.1) is 0 Å². The van der Waals surface area contributed by atoms with Gasteiger partial charge in [-0.2, -0.15) is 26.0 Å². The van der Waals surface area contributed by atoms with Gasteiger partial charge in [-0.05, 0) is 0 Å². The van der Waals surface area contributed by atoms with Gasteiger partial charge in [0.05, 0.1) is 0 Å². The Morgan fingerprint density at radius 1 is 1.35 bits per heavy atom. The van der Waals surface area contributed by atoms with Crippen molar-refractivity contribution < 1.29 is 30.5 Å². The Balaban J connectivity index is 0. The zero-order valence-electron chi connectivity index (χ0n) is 9.17. The normalized spacial score (nSPS) is 12.6. The van der Waals surface area contributed by atoms with E-state index in [0.29, 0.717) is 6.54 Å². The van der Waals surface area contributed by atoms with Crippen LogP contribution in [-0.2, 0) is 10.1 Å². The van der Waals surface area contributed by atoms with Crippen molar-refractivity contribution in [2.24, 2.45) is 5.73 Å². The van der Waals surface area contributed by atoms with Crippen LogP contribution in [0.3, 0.4) is 0 Å². The highest BCUT2D eigenvalue weighted by molar-refractivity contribution is 7.87. The van der Waals surface area contributed by atoms with E-state index in [1.54, 1.807) is 6.08 Å². The summed E-state index contributed by atoms with van der Waals surface area (Å²) in [4.78, 5) is 0. The topological polar surface area (TPSA) is 80.4 Å². The molecule has 0 aromatic heterocycles. The van der Waals surface area contributed by atoms with Gasteiger partial charge in [-0.15, -0.1) is 6.58 Å². The molecule has 17 heavy (non-hydrogen) atoms. The third-order valence-electron chi connectivity index (χ3n) is 1.48. The molecule has 0 radical (unpaired) electrons. The Labute approximate surface area is 97.2 Å². The lowest BCUT2D eigenvalue weighted by Crippen LogP contribution is -2.46. The van der Waals surface area contributed by atoms with E-state index in [1.165, 1.54) is 6.92 Å². The van der Waals surface area contributed by atoms with E-state index in [-0.39, 0.29) is 6.42 Å². The van der Waals surface area contributed by atoms with Crippen LogP contribution in [0.4, 0.5) is 17.6 Å². The SMILES string of the molecule is C=CCN.CCCC(F)(F)C(F)(F)S(=O)(=O)O. The summed E-state index contributed by atoms with van der Waals surface area (Å²) in [6, 6.07) is 0. The van der Waals surface area contributed by atoms with Gasteiger partial charge in [0.1, 0.15) is 0 Å². The first-order valence-electron chi connectivity index (χ1n) is 4.51. The van der Waals surface area contributed by atoms with Crippen molar-refractivity contribution in [3.63, 3.8) is 0 Å². The molecule has 3 N–H and O–H groups in total. The zero-order valence-corrected chi connectivity index (χ0v) is 9.98. The second kappa shape index (κ2) is 6.92. The van der Waals surface area contributed by atoms with E-state index >= 15 is 0 Å². The van der Waals surface area contributed by atoms with Gasteiger partial charge in [-0.3, -0.25) is 4.55 Å². The lowest BCUT2D eigenvalue weighted by Gasteiger charge is -2.22. The molecule has 0 heterocycles. The molecule has 0 fully saturated rings. The van der Waals surface area contributed by atoms with Gasteiger partial charge in [0, 0.05) is 13.0 Å². The number of hydrogen-bond acceptors (Lipinski definition) is 3. The summed E-state index contributed by atoms with van der Waals surface area (Å²) >= 11 is 0. The maximum atomic E-state index is 12.4. The van der Waals surface area contributed by atoms with E-state index in [2.05, 4.69) is 6.58 Å². The third-order valence-corrected chi connectivity index (χ3v) is 2.43. The maximum Gasteiger partial charge on any atom is 0.431 e. The van der Waals surface area contributed by atoms with Gasteiger partial charge in [0.2, 0.25) is 0 Å². The summed E-state index contributed by atoms with van der Waals surface area (Å²) in [5.41, 5.74) is 4.91. The van der Waals surface area contributed by atoms with Gasteiger partial charge >= 0.3 is 21.3 Å². The fraction of sp³-hybridized carbons (Fsp3) is 0.750. The number of nitrogens with two attached hydrogens (primary N) is 1. The van der Waals surface area contributed by atoms with Crippen molar-refractivity contribution in [1.82, 2.24) is 0 Å². The average molecular weight is 281 g/mol. The van der Waals surface area contributed by atoms with E-state index < -0.39 is 27.7 Å². The summed E-state index contributed by atoms with van der Waals surface area (Å²) in [5.74, 6) is -4.74. The Morgan fingerprint density at radius 2 is 1.71 bits per heavy atom. The molecular formula is C8H15F4NO3S. The highest BCUT2D eigenvalue weighted by Crippen LogP contribution is 2.41. The first kappa shape index (κ1) is 18.7. The molecule has 0 aliphatic rings. The molecule has 0 unspecified atom stereocenters. The van der Waals surface area contributed by atoms with Crippen molar-refractivity contribution in [3.8, 4) is 0 Å². The zero-order chi connectivity index (χ0) is 14.3. The monoisotopic (exact) mass is 281 g/mol. The summed E-state index contributed by atoms with van der Waals surface area (Å²) in [7, 11) is -6.07. The molecule has 0 aromatic carbocycles. The van der Waals surface area contributed by atoms with E-state index in [1.807, 2.05) is 0 Å². The Kier molecular flexibility index (Phi) is 7.61. The minimum absolute atomic E-state index is 0.321. The Morgan fingerprint density at radius 3 is 1.88 bits per heavy atom. The first-order valence-corrected chi connectivity index (χ1v) is 5.95. The summed E-state index contributed by atoms with van der Waals surface area (Å²) in [6.45, 7) is 5.13. The molecule has 0 saturated heterocycles. The Hall–Kier alpha value is -0.670. The van der Waals surface area contributed by atoms with Crippen LogP contribution in [0.15, 0.2) is 12.7 Å². The molecule has 0 atom stereocenters. The third kappa shape index (κ3) is 5.46. The van der Waals surface area contributed by atoms with Gasteiger partial charge in [-0.1, -0.05) is 19.4 Å². The van der Waals surface area contributed by atoms with Crippen LogP contribution in [0.5, 0.6) is 0 Å². The van der Waals surface area contributed by atoms with Gasteiger partial charge in [-0.25, -0.2) is 0 Å². The highest BCUT2D eigenvalue weighted by Gasteiger charge is 2.64. The second-order valence-electron chi connectivity index (χ2n) is 2.97. The smallest absolute Gasteiger partial charge is 0.327 e. The van der Waals surface area contributed by atoms with Crippen LogP contribution in [0.25, 0.3) is 0 Å². The molecule has 0 aliphatic carbocycles. The minimum Gasteiger partial charge on any atom is -0.327 e. The van der Waals surface area contributed by atoms with Crippen molar-refractivity contribution in [2.75, 3.05) is 6.54 Å². The predicted molar refractivity (Wildman–Crippen MR) is 55.6 cm³/mol. The van der Waals surface area contributed by atoms with Gasteiger partial charge in [0.25, 0.3) is 0 Å². The van der Waals surface area contributed by atoms with Crippen LogP contribution >= 0.6 is 0 Å². The summed E-state index contributed by atoms with van der Waals surface area (Å²) in [6.07, 6.45) is 0.0257. The number of rotatable bonds is 5. The van der Waals surface area contributed by atoms with Gasteiger partial charge < -0.3 is 5.73 Å². The minimum atomic E-state index is -6.07. The number of alkyl halides is 4. The molecule has 0 amide bonds. The summed E-state index contributed by atoms with van der Waals surface area (Å²) in [5, 5.41) is -5.42. The molecule has 104 valence electrons. The van der Waals surface area contributed by atoms with Crippen molar-refractivity contribution >= 4 is 10.1 Å². The molecule has 0 rings (SSSR count). The molecule has 0 spiro atoms. The average Bonchev–Trinajstić information content (AvgIpc) is 2.16. The maximum absolute atomic E-state index is 12.4. The largest absolute Gasteiger partial charge is 0.431 e. The fourth-order valence-corrected chi connectivity index (χ4v) is 1.13. The van der Waals surface area contributed by atoms with E-state index in [0.717, 1.165) is 0 Å². The van der Waals surface area contributed by atoms with Crippen LogP contribution in [0.2, 0.25) is 0 Å². The number of halogens is 4. The summed E-state index contributed by atoms with van der Waals surface area (Å²) < 4.78 is 77.1. The van der Waals surface area contributed by atoms with Gasteiger partial charge in [0.15, 0.2) is 0 Å². The molecule has 9 heteroatoms. The number of hydrogen-bond donors (Lipinski definition) is 2. The van der Waals surface area contributed by atoms with Crippen molar-refractivity contribution in [2.45, 2.75) is 30.9 Å². The molecule has 0 saturated carbocycles. The van der Waals surface area contributed by atoms with E-state index in [4.69, 9.17) is 10.3 Å². The standard InChI is InChI=1S/C5H8F4O3S.C3H7N/c1-2-3-4(6,7)5(8,9)13(10,11)12;1-2-3-4/h2-3H2,1H3,(H,10,11,12);2H,1,3-4H2. The quantitative estimate of drug-likeness (QED) is 0.459. The highest BCUT2D eigenvalue weighted by atomic mass is 32.2. The lowest BCUT2D eigenvalue weighted by molar-refractivity contribution is -0.164. The lowest BCUT2D eigenvalue weighted by atomic mass is 10.2. The fourth-order valence-electron chi connectivity index (χ4n) is 0.648. The molecule has 0 aromatic rings. The predicted octanol–water partition coefficient (Wildman–Crippen LogP) is 2.03. The molecular weight excluding hydrogens is 266 g/mol. The first-order chi connectivity index (χ1) is 7.47.